The van der Waals surface area contributed by atoms with Crippen LogP contribution < -0.4 is 11.1 Å². The topological polar surface area (TPSA) is 92.5 Å². The van der Waals surface area contributed by atoms with Gasteiger partial charge in [0, 0.05) is 42.9 Å². The molecule has 0 spiro atoms. The van der Waals surface area contributed by atoms with Crippen molar-refractivity contribution in [1.82, 2.24) is 10.2 Å². The van der Waals surface area contributed by atoms with Gasteiger partial charge in [-0.25, -0.2) is 8.42 Å². The van der Waals surface area contributed by atoms with Crippen molar-refractivity contribution in [2.24, 2.45) is 5.73 Å². The summed E-state index contributed by atoms with van der Waals surface area (Å²) in [5, 5.41) is 3.02. The first-order valence-corrected chi connectivity index (χ1v) is 12.1. The monoisotopic (exact) mass is 413 g/mol. The third kappa shape index (κ3) is 7.25. The maximum atomic E-state index is 12.3. The minimum Gasteiger partial charge on any atom is -0.353 e. The highest BCUT2D eigenvalue weighted by molar-refractivity contribution is 7.99. The number of hydrogen-bond donors (Lipinski definition) is 2. The molecule has 3 N–H and O–H groups in total. The van der Waals surface area contributed by atoms with E-state index in [1.54, 1.807) is 0 Å². The zero-order chi connectivity index (χ0) is 17.6. The van der Waals surface area contributed by atoms with Crippen LogP contribution in [0.5, 0.6) is 0 Å². The van der Waals surface area contributed by atoms with Gasteiger partial charge in [0.05, 0.1) is 11.8 Å². The lowest BCUT2D eigenvalue weighted by atomic mass is 9.80. The number of amides is 1. The first-order chi connectivity index (χ1) is 11.3. The summed E-state index contributed by atoms with van der Waals surface area (Å²) in [5.74, 6) is 2.04. The Labute approximate surface area is 162 Å². The Balaban J connectivity index is 0.00000312. The molecule has 25 heavy (non-hydrogen) atoms. The average molecular weight is 414 g/mol. The van der Waals surface area contributed by atoms with E-state index in [0.717, 1.165) is 37.4 Å². The molecule has 0 aromatic heterocycles. The van der Waals surface area contributed by atoms with Gasteiger partial charge in [0.25, 0.3) is 0 Å². The van der Waals surface area contributed by atoms with E-state index in [4.69, 9.17) is 5.73 Å². The summed E-state index contributed by atoms with van der Waals surface area (Å²) in [6.45, 7) is 2.80. The molecular formula is C16H32ClN3O3S2. The summed E-state index contributed by atoms with van der Waals surface area (Å²) >= 11 is 1.99. The normalized spacial score (nSPS) is 22.6. The predicted molar refractivity (Wildman–Crippen MR) is 107 cm³/mol. The molecule has 0 aromatic rings. The van der Waals surface area contributed by atoms with Crippen LogP contribution >= 0.6 is 24.2 Å². The van der Waals surface area contributed by atoms with Gasteiger partial charge in [0.1, 0.15) is 9.84 Å². The highest BCUT2D eigenvalue weighted by Crippen LogP contribution is 2.34. The molecule has 1 heterocycles. The first-order valence-electron chi connectivity index (χ1n) is 8.86. The molecule has 2 rings (SSSR count). The number of rotatable bonds is 7. The summed E-state index contributed by atoms with van der Waals surface area (Å²) in [4.78, 5) is 14.8. The van der Waals surface area contributed by atoms with Gasteiger partial charge in [-0.05, 0) is 19.3 Å². The van der Waals surface area contributed by atoms with E-state index in [2.05, 4.69) is 10.2 Å². The van der Waals surface area contributed by atoms with E-state index in [9.17, 15) is 13.2 Å². The molecule has 1 unspecified atom stereocenters. The van der Waals surface area contributed by atoms with E-state index >= 15 is 0 Å². The van der Waals surface area contributed by atoms with Crippen LogP contribution in [0.3, 0.4) is 0 Å². The smallest absolute Gasteiger partial charge is 0.237 e. The molecule has 1 amide bonds. The largest absolute Gasteiger partial charge is 0.353 e. The summed E-state index contributed by atoms with van der Waals surface area (Å²) in [6, 6.07) is -0.753. The number of sulfone groups is 1. The number of halogens is 1. The second-order valence-corrected chi connectivity index (χ2v) is 10.6. The zero-order valence-corrected chi connectivity index (χ0v) is 17.5. The number of thioether (sulfide) groups is 1. The maximum absolute atomic E-state index is 12.3. The minimum absolute atomic E-state index is 0. The molecule has 0 aromatic carbocycles. The van der Waals surface area contributed by atoms with Crippen LogP contribution in [0.4, 0.5) is 0 Å². The van der Waals surface area contributed by atoms with Gasteiger partial charge >= 0.3 is 0 Å². The molecule has 2 aliphatic rings. The first kappa shape index (κ1) is 23.0. The fourth-order valence-corrected chi connectivity index (χ4v) is 5.29. The van der Waals surface area contributed by atoms with Crippen LogP contribution in [-0.4, -0.2) is 74.0 Å². The van der Waals surface area contributed by atoms with Crippen molar-refractivity contribution < 1.29 is 13.2 Å². The molecule has 0 bridgehead atoms. The minimum atomic E-state index is -3.09. The van der Waals surface area contributed by atoms with Crippen molar-refractivity contribution in [1.29, 1.82) is 0 Å². The Morgan fingerprint density at radius 1 is 1.24 bits per heavy atom. The zero-order valence-electron chi connectivity index (χ0n) is 15.0. The summed E-state index contributed by atoms with van der Waals surface area (Å²) in [5.41, 5.74) is 5.93. The Hall–Kier alpha value is -0.0200. The van der Waals surface area contributed by atoms with Crippen molar-refractivity contribution in [3.05, 3.63) is 0 Å². The number of nitrogens with two attached hydrogens (primary N) is 1. The van der Waals surface area contributed by atoms with Crippen molar-refractivity contribution in [2.75, 3.05) is 43.1 Å². The number of hydrogen-bond acceptors (Lipinski definition) is 6. The van der Waals surface area contributed by atoms with E-state index in [1.165, 1.54) is 25.5 Å². The van der Waals surface area contributed by atoms with Gasteiger partial charge < -0.3 is 11.1 Å². The quantitative estimate of drug-likeness (QED) is 0.647. The third-order valence-corrected chi connectivity index (χ3v) is 7.11. The van der Waals surface area contributed by atoms with Crippen LogP contribution in [0.2, 0.25) is 0 Å². The second kappa shape index (κ2) is 10.3. The molecule has 148 valence electrons. The number of carbonyl (C=O) groups is 1. The third-order valence-electron chi connectivity index (χ3n) is 5.19. The standard InChI is InChI=1S/C16H31N3O3S2.ClH/c1-24(21,22)12-5-14(17)15(20)18-13-16(6-3-2-4-7-16)19-8-10-23-11-9-19;/h14H,2-13,17H2,1H3,(H,18,20);1H. The Bertz CT molecular complexity index is 519. The van der Waals surface area contributed by atoms with Gasteiger partial charge in [0.2, 0.25) is 5.91 Å². The summed E-state index contributed by atoms with van der Waals surface area (Å²) < 4.78 is 22.5. The molecule has 6 nitrogen and oxygen atoms in total. The van der Waals surface area contributed by atoms with E-state index in [0.29, 0.717) is 6.54 Å². The number of nitrogens with one attached hydrogen (secondary N) is 1. The van der Waals surface area contributed by atoms with Gasteiger partial charge in [-0.3, -0.25) is 9.69 Å². The molecule has 1 saturated heterocycles. The van der Waals surface area contributed by atoms with Gasteiger partial charge in [0.15, 0.2) is 0 Å². The molecule has 2 fully saturated rings. The molecule has 9 heteroatoms. The van der Waals surface area contributed by atoms with Gasteiger partial charge in [-0.15, -0.1) is 12.4 Å². The van der Waals surface area contributed by atoms with Crippen molar-refractivity contribution in [3.8, 4) is 0 Å². The van der Waals surface area contributed by atoms with Crippen LogP contribution in [-0.2, 0) is 14.6 Å². The Morgan fingerprint density at radius 2 is 1.84 bits per heavy atom. The van der Waals surface area contributed by atoms with E-state index in [1.807, 2.05) is 11.8 Å². The van der Waals surface area contributed by atoms with Crippen LogP contribution in [0, 0.1) is 0 Å². The molecule has 1 aliphatic carbocycles. The van der Waals surface area contributed by atoms with E-state index < -0.39 is 15.9 Å². The fraction of sp³-hybridized carbons (Fsp3) is 0.938. The number of carbonyl (C=O) groups excluding carboxylic acids is 1. The average Bonchev–Trinajstić information content (AvgIpc) is 2.58. The van der Waals surface area contributed by atoms with Crippen molar-refractivity contribution in [3.63, 3.8) is 0 Å². The van der Waals surface area contributed by atoms with Crippen molar-refractivity contribution in [2.45, 2.75) is 50.1 Å². The van der Waals surface area contributed by atoms with Crippen LogP contribution in [0.1, 0.15) is 38.5 Å². The Kier molecular flexibility index (Phi) is 9.53. The van der Waals surface area contributed by atoms with Gasteiger partial charge in [-0.2, -0.15) is 11.8 Å². The second-order valence-electron chi connectivity index (χ2n) is 7.13. The lowest BCUT2D eigenvalue weighted by Crippen LogP contribution is -2.60. The molecule has 1 aliphatic heterocycles. The highest BCUT2D eigenvalue weighted by Gasteiger charge is 2.38. The Morgan fingerprint density at radius 3 is 2.40 bits per heavy atom. The predicted octanol–water partition coefficient (Wildman–Crippen LogP) is 1.04. The molecule has 0 radical (unpaired) electrons. The summed E-state index contributed by atoms with van der Waals surface area (Å²) in [6.07, 6.45) is 7.28. The lowest BCUT2D eigenvalue weighted by molar-refractivity contribution is -0.123. The molecule has 1 atom stereocenters. The van der Waals surface area contributed by atoms with Gasteiger partial charge in [-0.1, -0.05) is 19.3 Å². The summed E-state index contributed by atoms with van der Waals surface area (Å²) in [7, 11) is -3.09. The van der Waals surface area contributed by atoms with E-state index in [-0.39, 0.29) is 36.0 Å². The molecule has 1 saturated carbocycles. The fourth-order valence-electron chi connectivity index (χ4n) is 3.71. The van der Waals surface area contributed by atoms with Crippen LogP contribution in [0.15, 0.2) is 0 Å². The SMILES string of the molecule is CS(=O)(=O)CCC(N)C(=O)NCC1(N2CCSCC2)CCCCC1.Cl. The van der Waals surface area contributed by atoms with Crippen LogP contribution in [0.25, 0.3) is 0 Å². The van der Waals surface area contributed by atoms with Crippen molar-refractivity contribution >= 4 is 39.9 Å². The maximum Gasteiger partial charge on any atom is 0.237 e. The highest BCUT2D eigenvalue weighted by atomic mass is 35.5. The lowest BCUT2D eigenvalue weighted by Gasteiger charge is -2.48. The molecular weight excluding hydrogens is 382 g/mol. The number of nitrogens with zero attached hydrogens (tertiary/aromatic N) is 1.